The van der Waals surface area contributed by atoms with Crippen LogP contribution in [0.4, 0.5) is 23.0 Å². The Morgan fingerprint density at radius 2 is 1.77 bits per heavy atom. The normalized spacial score (nSPS) is 15.8. The quantitative estimate of drug-likeness (QED) is 0.756. The molecule has 0 saturated carbocycles. The third-order valence-electron chi connectivity index (χ3n) is 3.77. The van der Waals surface area contributed by atoms with E-state index in [2.05, 4.69) is 54.7 Å². The van der Waals surface area contributed by atoms with Gasteiger partial charge in [0, 0.05) is 35.4 Å². The minimum absolute atomic E-state index is 0.602. The van der Waals surface area contributed by atoms with E-state index in [0.717, 1.165) is 37.7 Å². The number of nitrogens with one attached hydrogen (secondary N) is 1. The van der Waals surface area contributed by atoms with Crippen molar-refractivity contribution in [3.63, 3.8) is 0 Å². The van der Waals surface area contributed by atoms with Crippen molar-refractivity contribution in [2.24, 2.45) is 0 Å². The average molecular weight is 410 g/mol. The second-order valence-electron chi connectivity index (χ2n) is 5.38. The van der Waals surface area contributed by atoms with Crippen LogP contribution in [0.5, 0.6) is 0 Å². The first-order valence-electron chi connectivity index (χ1n) is 7.20. The number of piperazine rings is 1. The molecule has 1 aliphatic rings. The van der Waals surface area contributed by atoms with Crippen molar-refractivity contribution in [2.75, 3.05) is 49.2 Å². The molecule has 0 atom stereocenters. The SMILES string of the molecule is CN1CCN(c2ncnc(Nc3ccc(I)cc3)c2N)CC1. The Balaban J connectivity index is 1.81. The van der Waals surface area contributed by atoms with Crippen LogP contribution in [-0.4, -0.2) is 48.1 Å². The highest BCUT2D eigenvalue weighted by Crippen LogP contribution is 2.29. The number of nitrogens with two attached hydrogens (primary N) is 1. The van der Waals surface area contributed by atoms with E-state index in [1.54, 1.807) is 6.33 Å². The zero-order valence-corrected chi connectivity index (χ0v) is 14.6. The van der Waals surface area contributed by atoms with E-state index in [1.165, 1.54) is 3.57 Å². The zero-order chi connectivity index (χ0) is 15.5. The standard InChI is InChI=1S/C15H19IN6/c1-21-6-8-22(9-7-21)15-13(17)14(18-10-19-15)20-12-4-2-11(16)3-5-12/h2-5,10H,6-9,17H2,1H3,(H,18,19,20). The van der Waals surface area contributed by atoms with E-state index in [0.29, 0.717) is 11.5 Å². The van der Waals surface area contributed by atoms with Crippen molar-refractivity contribution in [3.8, 4) is 0 Å². The van der Waals surface area contributed by atoms with Crippen LogP contribution in [0.25, 0.3) is 0 Å². The minimum atomic E-state index is 0.602. The number of benzene rings is 1. The van der Waals surface area contributed by atoms with Crippen molar-refractivity contribution < 1.29 is 0 Å². The van der Waals surface area contributed by atoms with Gasteiger partial charge < -0.3 is 20.9 Å². The zero-order valence-electron chi connectivity index (χ0n) is 12.5. The van der Waals surface area contributed by atoms with Gasteiger partial charge in [0.25, 0.3) is 0 Å². The number of likely N-dealkylation sites (N-methyl/N-ethyl adjacent to an activating group) is 1. The average Bonchev–Trinajstić information content (AvgIpc) is 2.53. The first-order valence-corrected chi connectivity index (χ1v) is 8.28. The Kier molecular flexibility index (Phi) is 4.63. The van der Waals surface area contributed by atoms with Crippen molar-refractivity contribution in [1.82, 2.24) is 14.9 Å². The van der Waals surface area contributed by atoms with Gasteiger partial charge in [-0.25, -0.2) is 9.97 Å². The van der Waals surface area contributed by atoms with Crippen molar-refractivity contribution in [3.05, 3.63) is 34.2 Å². The van der Waals surface area contributed by atoms with E-state index >= 15 is 0 Å². The second-order valence-corrected chi connectivity index (χ2v) is 6.63. The van der Waals surface area contributed by atoms with Crippen LogP contribution in [-0.2, 0) is 0 Å². The van der Waals surface area contributed by atoms with Crippen LogP contribution in [0.15, 0.2) is 30.6 Å². The molecule has 0 amide bonds. The predicted octanol–water partition coefficient (Wildman–Crippen LogP) is 2.16. The lowest BCUT2D eigenvalue weighted by molar-refractivity contribution is 0.312. The molecular formula is C15H19IN6. The number of hydrogen-bond donors (Lipinski definition) is 2. The van der Waals surface area contributed by atoms with E-state index in [1.807, 2.05) is 24.3 Å². The Morgan fingerprint density at radius 3 is 2.45 bits per heavy atom. The molecule has 1 fully saturated rings. The molecule has 6 nitrogen and oxygen atoms in total. The third-order valence-corrected chi connectivity index (χ3v) is 4.49. The molecule has 7 heteroatoms. The molecule has 1 aliphatic heterocycles. The fourth-order valence-electron chi connectivity index (χ4n) is 2.43. The van der Waals surface area contributed by atoms with Crippen LogP contribution >= 0.6 is 22.6 Å². The molecule has 0 unspecified atom stereocenters. The van der Waals surface area contributed by atoms with Crippen LogP contribution < -0.4 is 16.0 Å². The molecule has 0 aliphatic carbocycles. The lowest BCUT2D eigenvalue weighted by Gasteiger charge is -2.33. The fraction of sp³-hybridized carbons (Fsp3) is 0.333. The molecule has 3 rings (SSSR count). The highest BCUT2D eigenvalue weighted by molar-refractivity contribution is 14.1. The second kappa shape index (κ2) is 6.66. The molecule has 0 spiro atoms. The van der Waals surface area contributed by atoms with Gasteiger partial charge in [-0.1, -0.05) is 0 Å². The van der Waals surface area contributed by atoms with Crippen LogP contribution in [0.1, 0.15) is 0 Å². The molecule has 1 saturated heterocycles. The molecule has 1 aromatic heterocycles. The van der Waals surface area contributed by atoms with Crippen molar-refractivity contribution in [1.29, 1.82) is 0 Å². The Labute approximate surface area is 143 Å². The summed E-state index contributed by atoms with van der Waals surface area (Å²) in [6.07, 6.45) is 1.57. The first-order chi connectivity index (χ1) is 10.6. The van der Waals surface area contributed by atoms with Gasteiger partial charge in [0.15, 0.2) is 11.6 Å². The lowest BCUT2D eigenvalue weighted by Crippen LogP contribution is -2.45. The lowest BCUT2D eigenvalue weighted by atomic mass is 10.3. The summed E-state index contributed by atoms with van der Waals surface area (Å²) in [5, 5.41) is 3.27. The van der Waals surface area contributed by atoms with Gasteiger partial charge in [0.2, 0.25) is 0 Å². The third kappa shape index (κ3) is 3.41. The highest BCUT2D eigenvalue weighted by atomic mass is 127. The van der Waals surface area contributed by atoms with E-state index in [9.17, 15) is 0 Å². The maximum absolute atomic E-state index is 6.28. The number of nitrogens with zero attached hydrogens (tertiary/aromatic N) is 4. The molecule has 3 N–H and O–H groups in total. The summed E-state index contributed by atoms with van der Waals surface area (Å²) < 4.78 is 1.19. The van der Waals surface area contributed by atoms with Gasteiger partial charge >= 0.3 is 0 Å². The maximum atomic E-state index is 6.28. The van der Waals surface area contributed by atoms with Gasteiger partial charge in [0.1, 0.15) is 12.0 Å². The summed E-state index contributed by atoms with van der Waals surface area (Å²) in [5.74, 6) is 1.47. The summed E-state index contributed by atoms with van der Waals surface area (Å²) in [6, 6.07) is 8.11. The molecule has 2 heterocycles. The van der Waals surface area contributed by atoms with Gasteiger partial charge in [0.05, 0.1) is 0 Å². The summed E-state index contributed by atoms with van der Waals surface area (Å²) in [6.45, 7) is 3.90. The monoisotopic (exact) mass is 410 g/mol. The first kappa shape index (κ1) is 15.3. The van der Waals surface area contributed by atoms with Gasteiger partial charge in [-0.3, -0.25) is 0 Å². The fourth-order valence-corrected chi connectivity index (χ4v) is 2.79. The molecule has 0 radical (unpaired) electrons. The Morgan fingerprint density at radius 1 is 1.09 bits per heavy atom. The number of hydrogen-bond acceptors (Lipinski definition) is 6. The number of aromatic nitrogens is 2. The number of anilines is 4. The van der Waals surface area contributed by atoms with Crippen molar-refractivity contribution in [2.45, 2.75) is 0 Å². The smallest absolute Gasteiger partial charge is 0.159 e. The Hall–Kier alpha value is -1.61. The molecule has 116 valence electrons. The van der Waals surface area contributed by atoms with Gasteiger partial charge in [-0.05, 0) is 53.9 Å². The number of nitrogen functional groups attached to an aromatic ring is 1. The van der Waals surface area contributed by atoms with Crippen LogP contribution in [0, 0.1) is 3.57 Å². The molecule has 2 aromatic rings. The molecule has 0 bridgehead atoms. The Bertz CT molecular complexity index is 637. The largest absolute Gasteiger partial charge is 0.393 e. The molecular weight excluding hydrogens is 391 g/mol. The van der Waals surface area contributed by atoms with E-state index in [-0.39, 0.29) is 0 Å². The van der Waals surface area contributed by atoms with E-state index in [4.69, 9.17) is 5.73 Å². The molecule has 22 heavy (non-hydrogen) atoms. The summed E-state index contributed by atoms with van der Waals surface area (Å²) >= 11 is 2.28. The van der Waals surface area contributed by atoms with Crippen molar-refractivity contribution >= 4 is 45.6 Å². The summed E-state index contributed by atoms with van der Waals surface area (Å²) in [4.78, 5) is 13.2. The number of halogens is 1. The van der Waals surface area contributed by atoms with Crippen LogP contribution in [0.2, 0.25) is 0 Å². The van der Waals surface area contributed by atoms with Crippen LogP contribution in [0.3, 0.4) is 0 Å². The molecule has 1 aromatic carbocycles. The highest BCUT2D eigenvalue weighted by Gasteiger charge is 2.19. The number of rotatable bonds is 3. The van der Waals surface area contributed by atoms with Gasteiger partial charge in [-0.15, -0.1) is 0 Å². The summed E-state index contributed by atoms with van der Waals surface area (Å²) in [5.41, 5.74) is 7.85. The predicted molar refractivity (Wildman–Crippen MR) is 98.6 cm³/mol. The summed E-state index contributed by atoms with van der Waals surface area (Å²) in [7, 11) is 2.13. The van der Waals surface area contributed by atoms with E-state index < -0.39 is 0 Å². The minimum Gasteiger partial charge on any atom is -0.393 e. The maximum Gasteiger partial charge on any atom is 0.159 e. The van der Waals surface area contributed by atoms with Gasteiger partial charge in [-0.2, -0.15) is 0 Å². The topological polar surface area (TPSA) is 70.3 Å².